The normalized spacial score (nSPS) is 19.1. The number of hydrogen-bond acceptors (Lipinski definition) is 4. The van der Waals surface area contributed by atoms with E-state index in [1.165, 1.54) is 0 Å². The molecule has 0 spiro atoms. The van der Waals surface area contributed by atoms with E-state index in [0.29, 0.717) is 22.7 Å². The lowest BCUT2D eigenvalue weighted by Crippen LogP contribution is -2.49. The number of amides is 2. The fourth-order valence-electron chi connectivity index (χ4n) is 3.64. The Morgan fingerprint density at radius 2 is 1.71 bits per heavy atom. The van der Waals surface area contributed by atoms with Gasteiger partial charge < -0.3 is 20.7 Å². The van der Waals surface area contributed by atoms with Gasteiger partial charge in [-0.15, -0.1) is 0 Å². The smallest absolute Gasteiger partial charge is 0.260 e. The van der Waals surface area contributed by atoms with Crippen LogP contribution >= 0.6 is 0 Å². The molecular weight excluding hydrogens is 354 g/mol. The number of carbonyl (C=O) groups is 2. The van der Waals surface area contributed by atoms with Crippen LogP contribution in [0.3, 0.4) is 0 Å². The van der Waals surface area contributed by atoms with Crippen molar-refractivity contribution in [2.45, 2.75) is 45.2 Å². The van der Waals surface area contributed by atoms with Crippen LogP contribution in [0.5, 0.6) is 5.75 Å². The molecule has 3 rings (SSSR count). The van der Waals surface area contributed by atoms with Gasteiger partial charge in [-0.1, -0.05) is 12.1 Å². The molecule has 1 aliphatic rings. The highest BCUT2D eigenvalue weighted by atomic mass is 16.5. The predicted molar refractivity (Wildman–Crippen MR) is 110 cm³/mol. The summed E-state index contributed by atoms with van der Waals surface area (Å²) in [5, 5.41) is 2.78. The van der Waals surface area contributed by atoms with E-state index in [2.05, 4.69) is 19.2 Å². The number of likely N-dealkylation sites (tertiary alicyclic amines) is 1. The molecule has 2 aromatic rings. The van der Waals surface area contributed by atoms with Gasteiger partial charge in [-0.05, 0) is 69.5 Å². The number of nitrogens with one attached hydrogen (secondary N) is 1. The fourth-order valence-corrected chi connectivity index (χ4v) is 3.64. The van der Waals surface area contributed by atoms with Gasteiger partial charge in [0.05, 0.1) is 11.4 Å². The summed E-state index contributed by atoms with van der Waals surface area (Å²) >= 11 is 0. The summed E-state index contributed by atoms with van der Waals surface area (Å²) in [4.78, 5) is 26.8. The summed E-state index contributed by atoms with van der Waals surface area (Å²) in [6.07, 6.45) is 3.22. The van der Waals surface area contributed by atoms with Crippen molar-refractivity contribution in [3.8, 4) is 5.75 Å². The number of ether oxygens (including phenoxy) is 1. The molecule has 1 heterocycles. The van der Waals surface area contributed by atoms with Gasteiger partial charge in [0.1, 0.15) is 5.75 Å². The quantitative estimate of drug-likeness (QED) is 0.774. The zero-order chi connectivity index (χ0) is 20.1. The molecule has 6 heteroatoms. The first-order valence-corrected chi connectivity index (χ1v) is 9.65. The van der Waals surface area contributed by atoms with Gasteiger partial charge in [-0.3, -0.25) is 9.59 Å². The molecular formula is C22H27N3O3. The molecule has 2 aromatic carbocycles. The summed E-state index contributed by atoms with van der Waals surface area (Å²) in [5.41, 5.74) is 7.42. The Bertz CT molecular complexity index is 825. The third-order valence-corrected chi connectivity index (χ3v) is 5.17. The van der Waals surface area contributed by atoms with E-state index in [0.717, 1.165) is 19.3 Å². The molecule has 2 amide bonds. The molecule has 1 fully saturated rings. The molecule has 0 bridgehead atoms. The molecule has 0 aliphatic carbocycles. The van der Waals surface area contributed by atoms with E-state index < -0.39 is 0 Å². The summed E-state index contributed by atoms with van der Waals surface area (Å²) in [5.74, 6) is 0.305. The second kappa shape index (κ2) is 8.78. The van der Waals surface area contributed by atoms with Crippen molar-refractivity contribution in [3.63, 3.8) is 0 Å². The highest BCUT2D eigenvalue weighted by Gasteiger charge is 2.28. The molecule has 1 saturated heterocycles. The molecule has 1 aliphatic heterocycles. The largest absolute Gasteiger partial charge is 0.484 e. The maximum atomic E-state index is 12.5. The topological polar surface area (TPSA) is 84.7 Å². The summed E-state index contributed by atoms with van der Waals surface area (Å²) < 4.78 is 5.65. The predicted octanol–water partition coefficient (Wildman–Crippen LogP) is 3.69. The summed E-state index contributed by atoms with van der Waals surface area (Å²) in [6, 6.07) is 14.3. The Morgan fingerprint density at radius 1 is 1.07 bits per heavy atom. The van der Waals surface area contributed by atoms with Crippen molar-refractivity contribution in [2.24, 2.45) is 0 Å². The number of piperidine rings is 1. The molecule has 2 atom stereocenters. The number of rotatable bonds is 5. The molecule has 0 saturated carbocycles. The Morgan fingerprint density at radius 3 is 2.36 bits per heavy atom. The van der Waals surface area contributed by atoms with E-state index in [9.17, 15) is 9.59 Å². The Kier molecular flexibility index (Phi) is 6.19. The van der Waals surface area contributed by atoms with Crippen LogP contribution in [-0.4, -0.2) is 35.4 Å². The second-order valence-electron chi connectivity index (χ2n) is 7.28. The number of nitrogens with two attached hydrogens (primary N) is 1. The van der Waals surface area contributed by atoms with Gasteiger partial charge in [0.25, 0.3) is 11.8 Å². The van der Waals surface area contributed by atoms with Crippen molar-refractivity contribution in [3.05, 3.63) is 54.1 Å². The van der Waals surface area contributed by atoms with E-state index in [4.69, 9.17) is 10.5 Å². The van der Waals surface area contributed by atoms with Crippen LogP contribution in [0.1, 0.15) is 43.5 Å². The van der Waals surface area contributed by atoms with E-state index in [-0.39, 0.29) is 30.5 Å². The third kappa shape index (κ3) is 4.63. The second-order valence-corrected chi connectivity index (χ2v) is 7.28. The Hall–Kier alpha value is -3.02. The van der Waals surface area contributed by atoms with Crippen molar-refractivity contribution in [1.29, 1.82) is 0 Å². The maximum absolute atomic E-state index is 12.5. The van der Waals surface area contributed by atoms with Gasteiger partial charge in [0.2, 0.25) is 0 Å². The fraction of sp³-hybridized carbons (Fsp3) is 0.364. The van der Waals surface area contributed by atoms with Gasteiger partial charge in [0.15, 0.2) is 6.61 Å². The standard InChI is InChI=1S/C22H27N3O3/c1-15-6-5-7-16(2)25(15)21(26)14-28-18-12-10-17(11-13-18)22(27)24-20-9-4-3-8-19(20)23/h3-4,8-13,15-16H,5-7,14,23H2,1-2H3,(H,24,27). The van der Waals surface area contributed by atoms with Crippen molar-refractivity contribution < 1.29 is 14.3 Å². The summed E-state index contributed by atoms with van der Waals surface area (Å²) in [7, 11) is 0. The van der Waals surface area contributed by atoms with Crippen molar-refractivity contribution in [1.82, 2.24) is 4.90 Å². The SMILES string of the molecule is CC1CCCC(C)N1C(=O)COc1ccc(C(=O)Nc2ccccc2N)cc1. The van der Waals surface area contributed by atoms with E-state index in [1.54, 1.807) is 36.4 Å². The minimum Gasteiger partial charge on any atom is -0.484 e. The number of nitrogens with zero attached hydrogens (tertiary/aromatic N) is 1. The Balaban J connectivity index is 1.56. The lowest BCUT2D eigenvalue weighted by Gasteiger charge is -2.38. The molecule has 6 nitrogen and oxygen atoms in total. The molecule has 28 heavy (non-hydrogen) atoms. The number of para-hydroxylation sites is 2. The first-order chi connectivity index (χ1) is 13.5. The van der Waals surface area contributed by atoms with Gasteiger partial charge in [-0.25, -0.2) is 0 Å². The maximum Gasteiger partial charge on any atom is 0.260 e. The zero-order valence-corrected chi connectivity index (χ0v) is 16.4. The number of carbonyl (C=O) groups excluding carboxylic acids is 2. The van der Waals surface area contributed by atoms with E-state index >= 15 is 0 Å². The lowest BCUT2D eigenvalue weighted by atomic mass is 9.97. The highest BCUT2D eigenvalue weighted by molar-refractivity contribution is 6.05. The van der Waals surface area contributed by atoms with Crippen LogP contribution in [0.4, 0.5) is 11.4 Å². The van der Waals surface area contributed by atoms with Gasteiger partial charge >= 0.3 is 0 Å². The van der Waals surface area contributed by atoms with E-state index in [1.807, 2.05) is 17.0 Å². The minimum absolute atomic E-state index is 0.000766. The highest BCUT2D eigenvalue weighted by Crippen LogP contribution is 2.23. The van der Waals surface area contributed by atoms with Gasteiger partial charge in [-0.2, -0.15) is 0 Å². The summed E-state index contributed by atoms with van der Waals surface area (Å²) in [6.45, 7) is 4.17. The van der Waals surface area contributed by atoms with Crippen LogP contribution < -0.4 is 15.8 Å². The molecule has 0 aromatic heterocycles. The van der Waals surface area contributed by atoms with Crippen LogP contribution in [0.25, 0.3) is 0 Å². The molecule has 2 unspecified atom stereocenters. The number of benzene rings is 2. The lowest BCUT2D eigenvalue weighted by molar-refractivity contribution is -0.139. The number of nitrogen functional groups attached to an aromatic ring is 1. The average molecular weight is 381 g/mol. The first-order valence-electron chi connectivity index (χ1n) is 9.65. The molecule has 0 radical (unpaired) electrons. The van der Waals surface area contributed by atoms with Crippen molar-refractivity contribution >= 4 is 23.2 Å². The zero-order valence-electron chi connectivity index (χ0n) is 16.4. The average Bonchev–Trinajstić information content (AvgIpc) is 2.68. The van der Waals surface area contributed by atoms with Gasteiger partial charge in [0, 0.05) is 17.6 Å². The Labute approximate surface area is 165 Å². The first kappa shape index (κ1) is 19.7. The van der Waals surface area contributed by atoms with Crippen molar-refractivity contribution in [2.75, 3.05) is 17.7 Å². The van der Waals surface area contributed by atoms with Crippen LogP contribution in [-0.2, 0) is 4.79 Å². The monoisotopic (exact) mass is 381 g/mol. The van der Waals surface area contributed by atoms with Crippen LogP contribution in [0, 0.1) is 0 Å². The number of anilines is 2. The number of hydrogen-bond donors (Lipinski definition) is 2. The minimum atomic E-state index is -0.253. The molecule has 3 N–H and O–H groups in total. The molecule has 148 valence electrons. The third-order valence-electron chi connectivity index (χ3n) is 5.17. The van der Waals surface area contributed by atoms with Crippen LogP contribution in [0.2, 0.25) is 0 Å². The van der Waals surface area contributed by atoms with Crippen LogP contribution in [0.15, 0.2) is 48.5 Å².